The Labute approximate surface area is 158 Å². The van der Waals surface area contributed by atoms with Crippen LogP contribution in [0.1, 0.15) is 11.1 Å². The molecule has 0 spiro atoms. The second kappa shape index (κ2) is 6.75. The first-order valence-electron chi connectivity index (χ1n) is 7.87. The standard InChI is InChI=1S/C20H12ClN3OS/c21-16-7-5-15(6-8-16)17-11-26-19-18(17)20(25)24(12-23-19)10-14-3-1-13(9-22)2-4-14/h1-8,11-12H,10H2. The topological polar surface area (TPSA) is 58.7 Å². The van der Waals surface area contributed by atoms with Crippen molar-refractivity contribution in [3.63, 3.8) is 0 Å². The summed E-state index contributed by atoms with van der Waals surface area (Å²) in [6.45, 7) is 0.406. The van der Waals surface area contributed by atoms with E-state index in [0.29, 0.717) is 22.5 Å². The van der Waals surface area contributed by atoms with Crippen LogP contribution < -0.4 is 5.56 Å². The molecule has 0 fully saturated rings. The predicted octanol–water partition coefficient (Wildman–Crippen LogP) is 4.70. The zero-order valence-electron chi connectivity index (χ0n) is 13.5. The Bertz CT molecular complexity index is 1190. The molecule has 2 aromatic carbocycles. The Morgan fingerprint density at radius 1 is 1.12 bits per heavy atom. The van der Waals surface area contributed by atoms with E-state index in [1.807, 2.05) is 41.8 Å². The largest absolute Gasteiger partial charge is 0.294 e. The van der Waals surface area contributed by atoms with Crippen molar-refractivity contribution < 1.29 is 0 Å². The SMILES string of the molecule is N#Cc1ccc(Cn2cnc3scc(-c4ccc(Cl)cc4)c3c2=O)cc1. The number of hydrogen-bond acceptors (Lipinski definition) is 4. The molecule has 4 rings (SSSR count). The van der Waals surface area contributed by atoms with E-state index in [0.717, 1.165) is 21.5 Å². The summed E-state index contributed by atoms with van der Waals surface area (Å²) in [6.07, 6.45) is 1.57. The first-order chi connectivity index (χ1) is 12.7. The summed E-state index contributed by atoms with van der Waals surface area (Å²) in [5, 5.41) is 12.1. The average molecular weight is 378 g/mol. The maximum absolute atomic E-state index is 13.0. The number of hydrogen-bond donors (Lipinski definition) is 0. The van der Waals surface area contributed by atoms with Gasteiger partial charge in [0.15, 0.2) is 0 Å². The van der Waals surface area contributed by atoms with Crippen LogP contribution >= 0.6 is 22.9 Å². The fourth-order valence-electron chi connectivity index (χ4n) is 2.80. The first-order valence-corrected chi connectivity index (χ1v) is 9.13. The number of aromatic nitrogens is 2. The molecule has 6 heteroatoms. The average Bonchev–Trinajstić information content (AvgIpc) is 3.10. The van der Waals surface area contributed by atoms with Crippen molar-refractivity contribution in [2.45, 2.75) is 6.54 Å². The predicted molar refractivity (Wildman–Crippen MR) is 105 cm³/mol. The van der Waals surface area contributed by atoms with Gasteiger partial charge in [0.2, 0.25) is 0 Å². The molecule has 4 aromatic rings. The van der Waals surface area contributed by atoms with Gasteiger partial charge in [-0.3, -0.25) is 9.36 Å². The molecule has 0 unspecified atom stereocenters. The van der Waals surface area contributed by atoms with Crippen LogP contribution in [-0.4, -0.2) is 9.55 Å². The minimum Gasteiger partial charge on any atom is -0.294 e. The highest BCUT2D eigenvalue weighted by Gasteiger charge is 2.13. The molecular formula is C20H12ClN3OS. The summed E-state index contributed by atoms with van der Waals surface area (Å²) in [5.74, 6) is 0. The fourth-order valence-corrected chi connectivity index (χ4v) is 3.84. The zero-order valence-corrected chi connectivity index (χ0v) is 15.1. The molecule has 0 aliphatic rings. The lowest BCUT2D eigenvalue weighted by molar-refractivity contribution is 0.749. The lowest BCUT2D eigenvalue weighted by Crippen LogP contribution is -2.20. The number of nitriles is 1. The second-order valence-electron chi connectivity index (χ2n) is 5.82. The first kappa shape index (κ1) is 16.5. The number of fused-ring (bicyclic) bond motifs is 1. The van der Waals surface area contributed by atoms with Crippen molar-refractivity contribution in [2.75, 3.05) is 0 Å². The van der Waals surface area contributed by atoms with E-state index in [2.05, 4.69) is 11.1 Å². The molecule has 2 heterocycles. The monoisotopic (exact) mass is 377 g/mol. The smallest absolute Gasteiger partial charge is 0.263 e. The molecule has 0 bridgehead atoms. The summed E-state index contributed by atoms with van der Waals surface area (Å²) >= 11 is 7.42. The Morgan fingerprint density at radius 2 is 1.85 bits per heavy atom. The summed E-state index contributed by atoms with van der Waals surface area (Å²) < 4.78 is 1.59. The number of rotatable bonds is 3. The van der Waals surface area contributed by atoms with Gasteiger partial charge in [0, 0.05) is 16.0 Å². The van der Waals surface area contributed by atoms with Crippen LogP contribution in [-0.2, 0) is 6.54 Å². The zero-order chi connectivity index (χ0) is 18.1. The quantitative estimate of drug-likeness (QED) is 0.520. The van der Waals surface area contributed by atoms with E-state index in [9.17, 15) is 4.79 Å². The molecule has 126 valence electrons. The number of nitrogens with zero attached hydrogens (tertiary/aromatic N) is 3. The van der Waals surface area contributed by atoms with Crippen LogP contribution in [0.3, 0.4) is 0 Å². The van der Waals surface area contributed by atoms with Crippen LogP contribution in [0.25, 0.3) is 21.3 Å². The van der Waals surface area contributed by atoms with Gasteiger partial charge in [0.05, 0.1) is 29.9 Å². The van der Waals surface area contributed by atoms with Gasteiger partial charge in [-0.05, 0) is 35.4 Å². The molecule has 4 nitrogen and oxygen atoms in total. The highest BCUT2D eigenvalue weighted by Crippen LogP contribution is 2.31. The van der Waals surface area contributed by atoms with E-state index in [4.69, 9.17) is 16.9 Å². The minimum atomic E-state index is -0.0782. The third-order valence-electron chi connectivity index (χ3n) is 4.15. The molecule has 0 aliphatic carbocycles. The molecular weight excluding hydrogens is 366 g/mol. The Kier molecular flexibility index (Phi) is 4.29. The van der Waals surface area contributed by atoms with E-state index in [-0.39, 0.29) is 5.56 Å². The van der Waals surface area contributed by atoms with Crippen LogP contribution in [0.15, 0.2) is 65.0 Å². The van der Waals surface area contributed by atoms with E-state index in [1.54, 1.807) is 23.0 Å². The Balaban J connectivity index is 1.78. The Morgan fingerprint density at radius 3 is 2.54 bits per heavy atom. The van der Waals surface area contributed by atoms with Gasteiger partial charge in [-0.15, -0.1) is 11.3 Å². The van der Waals surface area contributed by atoms with Gasteiger partial charge < -0.3 is 0 Å². The molecule has 0 atom stereocenters. The van der Waals surface area contributed by atoms with Crippen LogP contribution in [0.2, 0.25) is 5.02 Å². The molecule has 2 aromatic heterocycles. The summed E-state index contributed by atoms with van der Waals surface area (Å²) in [7, 11) is 0. The highest BCUT2D eigenvalue weighted by atomic mass is 35.5. The van der Waals surface area contributed by atoms with Crippen molar-refractivity contribution in [1.82, 2.24) is 9.55 Å². The van der Waals surface area contributed by atoms with Crippen LogP contribution in [0.4, 0.5) is 0 Å². The summed E-state index contributed by atoms with van der Waals surface area (Å²) in [4.78, 5) is 18.2. The van der Waals surface area contributed by atoms with Gasteiger partial charge >= 0.3 is 0 Å². The molecule has 0 saturated heterocycles. The van der Waals surface area contributed by atoms with Gasteiger partial charge in [-0.2, -0.15) is 5.26 Å². The Hall–Kier alpha value is -2.94. The van der Waals surface area contributed by atoms with E-state index >= 15 is 0 Å². The number of thiophene rings is 1. The summed E-state index contributed by atoms with van der Waals surface area (Å²) in [6, 6.07) is 16.7. The van der Waals surface area contributed by atoms with E-state index in [1.165, 1.54) is 11.3 Å². The molecule has 0 aliphatic heterocycles. The van der Waals surface area contributed by atoms with Crippen molar-refractivity contribution in [3.05, 3.63) is 86.7 Å². The normalized spacial score (nSPS) is 10.8. The number of halogens is 1. The second-order valence-corrected chi connectivity index (χ2v) is 7.12. The molecule has 26 heavy (non-hydrogen) atoms. The van der Waals surface area contributed by atoms with Crippen LogP contribution in [0, 0.1) is 11.3 Å². The summed E-state index contributed by atoms with van der Waals surface area (Å²) in [5.41, 5.74) is 3.27. The maximum atomic E-state index is 13.0. The van der Waals surface area contributed by atoms with Crippen LogP contribution in [0.5, 0.6) is 0 Å². The maximum Gasteiger partial charge on any atom is 0.263 e. The van der Waals surface area contributed by atoms with Crippen molar-refractivity contribution in [3.8, 4) is 17.2 Å². The molecule has 0 amide bonds. The minimum absolute atomic E-state index is 0.0782. The van der Waals surface area contributed by atoms with Crippen molar-refractivity contribution in [1.29, 1.82) is 5.26 Å². The third kappa shape index (κ3) is 3.01. The van der Waals surface area contributed by atoms with Gasteiger partial charge in [-0.25, -0.2) is 4.98 Å². The van der Waals surface area contributed by atoms with Crippen molar-refractivity contribution >= 4 is 33.2 Å². The van der Waals surface area contributed by atoms with Crippen molar-refractivity contribution in [2.24, 2.45) is 0 Å². The fraction of sp³-hybridized carbons (Fsp3) is 0.0500. The molecule has 0 saturated carbocycles. The molecule has 0 N–H and O–H groups in total. The van der Waals surface area contributed by atoms with E-state index < -0.39 is 0 Å². The van der Waals surface area contributed by atoms with Gasteiger partial charge in [0.1, 0.15) is 4.83 Å². The number of benzene rings is 2. The molecule has 0 radical (unpaired) electrons. The van der Waals surface area contributed by atoms with Gasteiger partial charge in [0.25, 0.3) is 5.56 Å². The highest BCUT2D eigenvalue weighted by molar-refractivity contribution is 7.17. The lowest BCUT2D eigenvalue weighted by Gasteiger charge is -2.07. The lowest BCUT2D eigenvalue weighted by atomic mass is 10.1. The third-order valence-corrected chi connectivity index (χ3v) is 5.29. The van der Waals surface area contributed by atoms with Gasteiger partial charge in [-0.1, -0.05) is 35.9 Å².